The van der Waals surface area contributed by atoms with Gasteiger partial charge in [0.1, 0.15) is 4.88 Å². The fourth-order valence-electron chi connectivity index (χ4n) is 0.679. The first-order chi connectivity index (χ1) is 5.52. The van der Waals surface area contributed by atoms with Gasteiger partial charge in [0.05, 0.1) is 5.56 Å². The Labute approximate surface area is 69.9 Å². The lowest BCUT2D eigenvalue weighted by atomic mass is 10.2. The summed E-state index contributed by atoms with van der Waals surface area (Å²) in [6.45, 7) is 0. The van der Waals surface area contributed by atoms with Crippen LogP contribution in [0.1, 0.15) is 20.0 Å². The zero-order valence-corrected chi connectivity index (χ0v) is 6.39. The lowest BCUT2D eigenvalue weighted by molar-refractivity contribution is 0.0656. The molecule has 1 rings (SSSR count). The predicted octanol–water partition coefficient (Wildman–Crippen LogP) is 1.28. The molecule has 12 heavy (non-hydrogen) atoms. The molecule has 0 aliphatic heterocycles. The van der Waals surface area contributed by atoms with E-state index in [9.17, 15) is 14.0 Å². The number of carboxylic acids is 2. The molecule has 0 fully saturated rings. The van der Waals surface area contributed by atoms with Crippen LogP contribution in [0.2, 0.25) is 0 Å². The van der Waals surface area contributed by atoms with Gasteiger partial charge >= 0.3 is 11.9 Å². The molecule has 2 N–H and O–H groups in total. The summed E-state index contributed by atoms with van der Waals surface area (Å²) in [5.41, 5.74) is -0.509. The van der Waals surface area contributed by atoms with E-state index in [4.69, 9.17) is 10.2 Å². The largest absolute Gasteiger partial charge is 0.478 e. The SMILES string of the molecule is O=C(O)c1cc(F)sc1C(=O)O. The van der Waals surface area contributed by atoms with Gasteiger partial charge in [0.15, 0.2) is 5.13 Å². The van der Waals surface area contributed by atoms with Crippen LogP contribution in [0.25, 0.3) is 0 Å². The highest BCUT2D eigenvalue weighted by Gasteiger charge is 2.20. The first-order valence-electron chi connectivity index (χ1n) is 2.78. The minimum Gasteiger partial charge on any atom is -0.478 e. The molecule has 0 aliphatic rings. The minimum atomic E-state index is -1.44. The quantitative estimate of drug-likeness (QED) is 0.736. The van der Waals surface area contributed by atoms with Crippen molar-refractivity contribution in [3.63, 3.8) is 0 Å². The summed E-state index contributed by atoms with van der Waals surface area (Å²) >= 11 is 0.304. The summed E-state index contributed by atoms with van der Waals surface area (Å²) in [7, 11) is 0. The van der Waals surface area contributed by atoms with E-state index in [1.165, 1.54) is 0 Å². The Morgan fingerprint density at radius 3 is 2.25 bits per heavy atom. The van der Waals surface area contributed by atoms with Gasteiger partial charge in [0.25, 0.3) is 0 Å². The highest BCUT2D eigenvalue weighted by Crippen LogP contribution is 2.20. The maximum Gasteiger partial charge on any atom is 0.346 e. The lowest BCUT2D eigenvalue weighted by Crippen LogP contribution is -2.03. The van der Waals surface area contributed by atoms with Crippen LogP contribution in [0.4, 0.5) is 4.39 Å². The number of hydrogen-bond acceptors (Lipinski definition) is 3. The second-order valence-electron chi connectivity index (χ2n) is 1.90. The summed E-state index contributed by atoms with van der Waals surface area (Å²) in [5.74, 6) is -2.87. The van der Waals surface area contributed by atoms with Crippen molar-refractivity contribution in [1.82, 2.24) is 0 Å². The van der Waals surface area contributed by atoms with E-state index in [0.29, 0.717) is 17.4 Å². The van der Waals surface area contributed by atoms with Gasteiger partial charge in [0, 0.05) is 6.07 Å². The number of carboxylic acid groups (broad SMARTS) is 2. The second kappa shape index (κ2) is 2.90. The molecule has 0 aromatic carbocycles. The molecule has 0 bridgehead atoms. The van der Waals surface area contributed by atoms with Gasteiger partial charge in [-0.1, -0.05) is 11.3 Å². The molecule has 6 heteroatoms. The number of halogens is 1. The number of rotatable bonds is 2. The third-order valence-electron chi connectivity index (χ3n) is 1.13. The Hall–Kier alpha value is -1.43. The van der Waals surface area contributed by atoms with Gasteiger partial charge in [-0.3, -0.25) is 0 Å². The normalized spacial score (nSPS) is 9.75. The van der Waals surface area contributed by atoms with Crippen molar-refractivity contribution in [2.45, 2.75) is 0 Å². The maximum absolute atomic E-state index is 12.4. The summed E-state index contributed by atoms with van der Waals surface area (Å²) in [6, 6.07) is 0.691. The monoisotopic (exact) mass is 190 g/mol. The van der Waals surface area contributed by atoms with Crippen molar-refractivity contribution in [2.24, 2.45) is 0 Å². The van der Waals surface area contributed by atoms with Crippen LogP contribution in [-0.4, -0.2) is 22.2 Å². The molecule has 0 radical (unpaired) electrons. The Kier molecular flexibility index (Phi) is 2.09. The van der Waals surface area contributed by atoms with Crippen molar-refractivity contribution in [1.29, 1.82) is 0 Å². The van der Waals surface area contributed by atoms with Crippen LogP contribution in [0.3, 0.4) is 0 Å². The van der Waals surface area contributed by atoms with Crippen LogP contribution < -0.4 is 0 Å². The number of aromatic carboxylic acids is 2. The molecule has 0 saturated carbocycles. The molecule has 0 amide bonds. The molecule has 0 saturated heterocycles. The molecule has 0 atom stereocenters. The van der Waals surface area contributed by atoms with Crippen molar-refractivity contribution in [2.75, 3.05) is 0 Å². The molecule has 4 nitrogen and oxygen atoms in total. The van der Waals surface area contributed by atoms with Gasteiger partial charge < -0.3 is 10.2 Å². The summed E-state index contributed by atoms with van der Waals surface area (Å²) in [5, 5.41) is 16.0. The van der Waals surface area contributed by atoms with Gasteiger partial charge in [0.2, 0.25) is 0 Å². The summed E-state index contributed by atoms with van der Waals surface area (Å²) in [4.78, 5) is 20.2. The first-order valence-corrected chi connectivity index (χ1v) is 3.60. The topological polar surface area (TPSA) is 74.6 Å². The fourth-order valence-corrected chi connectivity index (χ4v) is 1.39. The van der Waals surface area contributed by atoms with Gasteiger partial charge in [-0.05, 0) is 0 Å². The van der Waals surface area contributed by atoms with Crippen LogP contribution in [0.5, 0.6) is 0 Å². The van der Waals surface area contributed by atoms with Crippen molar-refractivity contribution in [3.8, 4) is 0 Å². The average molecular weight is 190 g/mol. The number of carbonyl (C=O) groups is 2. The molecule has 0 aliphatic carbocycles. The second-order valence-corrected chi connectivity index (χ2v) is 2.91. The van der Waals surface area contributed by atoms with Crippen LogP contribution >= 0.6 is 11.3 Å². The molecular formula is C6H3FO4S. The summed E-state index contributed by atoms with van der Waals surface area (Å²) in [6.07, 6.45) is 0. The van der Waals surface area contributed by atoms with Crippen molar-refractivity contribution < 1.29 is 24.2 Å². The Morgan fingerprint density at radius 1 is 1.33 bits per heavy atom. The van der Waals surface area contributed by atoms with Crippen molar-refractivity contribution in [3.05, 3.63) is 21.6 Å². The van der Waals surface area contributed by atoms with Gasteiger partial charge in [-0.15, -0.1) is 0 Å². The van der Waals surface area contributed by atoms with E-state index >= 15 is 0 Å². The molecule has 64 valence electrons. The molecule has 1 aromatic heterocycles. The fraction of sp³-hybridized carbons (Fsp3) is 0. The minimum absolute atomic E-state index is 0.304. The summed E-state index contributed by atoms with van der Waals surface area (Å²) < 4.78 is 12.4. The Balaban J connectivity index is 3.26. The van der Waals surface area contributed by atoms with E-state index < -0.39 is 27.5 Å². The predicted molar refractivity (Wildman–Crippen MR) is 38.2 cm³/mol. The van der Waals surface area contributed by atoms with Crippen LogP contribution in [0.15, 0.2) is 6.07 Å². The third kappa shape index (κ3) is 1.42. The van der Waals surface area contributed by atoms with Crippen LogP contribution in [-0.2, 0) is 0 Å². The smallest absolute Gasteiger partial charge is 0.346 e. The van der Waals surface area contributed by atoms with Crippen molar-refractivity contribution >= 4 is 23.3 Å². The van der Waals surface area contributed by atoms with E-state index in [0.717, 1.165) is 0 Å². The standard InChI is InChI=1S/C6H3FO4S/c7-3-1-2(5(8)9)4(12-3)6(10)11/h1H,(H,8,9)(H,10,11). The van der Waals surface area contributed by atoms with Gasteiger partial charge in [-0.25, -0.2) is 9.59 Å². The average Bonchev–Trinajstić information content (AvgIpc) is 2.31. The van der Waals surface area contributed by atoms with Crippen LogP contribution in [0, 0.1) is 5.13 Å². The molecular weight excluding hydrogens is 187 g/mol. The Morgan fingerprint density at radius 2 is 1.92 bits per heavy atom. The Bertz CT molecular complexity index is 312. The lowest BCUT2D eigenvalue weighted by Gasteiger charge is -1.89. The number of thiophene rings is 1. The zero-order valence-electron chi connectivity index (χ0n) is 5.57. The first kappa shape index (κ1) is 8.66. The molecule has 1 heterocycles. The highest BCUT2D eigenvalue weighted by molar-refractivity contribution is 7.12. The van der Waals surface area contributed by atoms with E-state index in [1.54, 1.807) is 0 Å². The zero-order chi connectivity index (χ0) is 9.30. The van der Waals surface area contributed by atoms with E-state index in [1.807, 2.05) is 0 Å². The molecule has 0 spiro atoms. The van der Waals surface area contributed by atoms with Gasteiger partial charge in [-0.2, -0.15) is 4.39 Å². The van der Waals surface area contributed by atoms with E-state index in [2.05, 4.69) is 0 Å². The number of hydrogen-bond donors (Lipinski definition) is 2. The molecule has 0 unspecified atom stereocenters. The maximum atomic E-state index is 12.4. The molecule has 1 aromatic rings. The third-order valence-corrected chi connectivity index (χ3v) is 2.04. The van der Waals surface area contributed by atoms with E-state index in [-0.39, 0.29) is 0 Å². The highest BCUT2D eigenvalue weighted by atomic mass is 32.1.